The molecule has 0 aromatic heterocycles. The maximum atomic E-state index is 12.2. The molecule has 0 heterocycles. The van der Waals surface area contributed by atoms with Crippen molar-refractivity contribution in [3.8, 4) is 5.75 Å². The lowest BCUT2D eigenvalue weighted by molar-refractivity contribution is -0.122. The summed E-state index contributed by atoms with van der Waals surface area (Å²) in [6.07, 6.45) is 0.334. The van der Waals surface area contributed by atoms with E-state index in [1.54, 1.807) is 6.92 Å². The first-order chi connectivity index (χ1) is 10.1. The number of nitrogens with one attached hydrogen (secondary N) is 1. The van der Waals surface area contributed by atoms with E-state index in [1.165, 1.54) is 0 Å². The summed E-state index contributed by atoms with van der Waals surface area (Å²) >= 11 is 0. The van der Waals surface area contributed by atoms with Crippen molar-refractivity contribution in [3.05, 3.63) is 59.7 Å². The van der Waals surface area contributed by atoms with Crippen molar-refractivity contribution in [2.45, 2.75) is 33.3 Å². The van der Waals surface area contributed by atoms with Gasteiger partial charge in [-0.25, -0.2) is 0 Å². The summed E-state index contributed by atoms with van der Waals surface area (Å²) in [7, 11) is 0. The average molecular weight is 283 g/mol. The third kappa shape index (κ3) is 4.09. The van der Waals surface area contributed by atoms with Gasteiger partial charge in [0.05, 0.1) is 0 Å². The summed E-state index contributed by atoms with van der Waals surface area (Å²) in [6, 6.07) is 15.5. The van der Waals surface area contributed by atoms with E-state index in [0.29, 0.717) is 5.75 Å². The van der Waals surface area contributed by atoms with Crippen LogP contribution in [-0.4, -0.2) is 12.0 Å². The monoisotopic (exact) mass is 283 g/mol. The molecule has 0 spiro atoms. The Balaban J connectivity index is 2.02. The molecule has 1 N–H and O–H groups in total. The number of para-hydroxylation sites is 1. The fourth-order valence-electron chi connectivity index (χ4n) is 2.13. The largest absolute Gasteiger partial charge is 0.481 e. The number of carbonyl (C=O) groups is 1. The minimum absolute atomic E-state index is 0.141. The van der Waals surface area contributed by atoms with Crippen molar-refractivity contribution < 1.29 is 9.53 Å². The van der Waals surface area contributed by atoms with Gasteiger partial charge in [-0.15, -0.1) is 0 Å². The molecule has 0 unspecified atom stereocenters. The summed E-state index contributed by atoms with van der Waals surface area (Å²) in [4.78, 5) is 12.2. The summed E-state index contributed by atoms with van der Waals surface area (Å²) in [6.45, 7) is 5.82. The van der Waals surface area contributed by atoms with Crippen LogP contribution in [-0.2, 0) is 11.2 Å². The van der Waals surface area contributed by atoms with Crippen LogP contribution in [0.3, 0.4) is 0 Å². The number of ether oxygens (including phenoxy) is 1. The van der Waals surface area contributed by atoms with E-state index in [2.05, 4.69) is 12.2 Å². The molecule has 0 saturated carbocycles. The van der Waals surface area contributed by atoms with Crippen LogP contribution in [0.15, 0.2) is 48.5 Å². The van der Waals surface area contributed by atoms with Gasteiger partial charge in [0.2, 0.25) is 0 Å². The predicted octanol–water partition coefficient (Wildman–Crippen LogP) is 3.96. The maximum Gasteiger partial charge on any atom is 0.265 e. The molecular weight excluding hydrogens is 262 g/mol. The van der Waals surface area contributed by atoms with Crippen molar-refractivity contribution >= 4 is 11.6 Å². The lowest BCUT2D eigenvalue weighted by Gasteiger charge is -2.16. The van der Waals surface area contributed by atoms with Gasteiger partial charge in [0.15, 0.2) is 6.10 Å². The molecule has 0 radical (unpaired) electrons. The van der Waals surface area contributed by atoms with E-state index < -0.39 is 6.10 Å². The average Bonchev–Trinajstić information content (AvgIpc) is 2.47. The molecule has 3 heteroatoms. The number of rotatable bonds is 5. The van der Waals surface area contributed by atoms with Gasteiger partial charge in [0, 0.05) is 5.69 Å². The van der Waals surface area contributed by atoms with Crippen molar-refractivity contribution in [2.75, 3.05) is 5.32 Å². The molecule has 0 aliphatic carbocycles. The van der Waals surface area contributed by atoms with E-state index in [4.69, 9.17) is 4.74 Å². The predicted molar refractivity (Wildman–Crippen MR) is 85.7 cm³/mol. The maximum absolute atomic E-state index is 12.2. The number of aryl methyl sites for hydroxylation is 2. The van der Waals surface area contributed by atoms with Gasteiger partial charge in [-0.2, -0.15) is 0 Å². The van der Waals surface area contributed by atoms with E-state index in [1.807, 2.05) is 55.5 Å². The topological polar surface area (TPSA) is 38.3 Å². The number of anilines is 1. The standard InChI is InChI=1S/C18H21NO2/c1-4-15-9-5-6-11-17(15)19-18(20)14(3)21-16-10-7-8-13(2)12-16/h5-12,14H,4H2,1-3H3,(H,19,20)/t14-/m1/s1. The molecule has 0 saturated heterocycles. The van der Waals surface area contributed by atoms with Gasteiger partial charge in [0.25, 0.3) is 5.91 Å². The first-order valence-corrected chi connectivity index (χ1v) is 7.22. The van der Waals surface area contributed by atoms with E-state index in [9.17, 15) is 4.79 Å². The molecule has 1 amide bonds. The fourth-order valence-corrected chi connectivity index (χ4v) is 2.13. The number of benzene rings is 2. The van der Waals surface area contributed by atoms with E-state index in [-0.39, 0.29) is 5.91 Å². The Morgan fingerprint density at radius 3 is 2.67 bits per heavy atom. The third-order valence-electron chi connectivity index (χ3n) is 3.33. The van der Waals surface area contributed by atoms with E-state index >= 15 is 0 Å². The number of hydrogen-bond donors (Lipinski definition) is 1. The fraction of sp³-hybridized carbons (Fsp3) is 0.278. The first-order valence-electron chi connectivity index (χ1n) is 7.22. The van der Waals surface area contributed by atoms with Gasteiger partial charge in [-0.3, -0.25) is 4.79 Å². The van der Waals surface area contributed by atoms with Crippen LogP contribution in [0.25, 0.3) is 0 Å². The summed E-state index contributed by atoms with van der Waals surface area (Å²) < 4.78 is 5.69. The lowest BCUT2D eigenvalue weighted by Crippen LogP contribution is -2.30. The third-order valence-corrected chi connectivity index (χ3v) is 3.33. The smallest absolute Gasteiger partial charge is 0.265 e. The molecule has 1 atom stereocenters. The van der Waals surface area contributed by atoms with Crippen LogP contribution < -0.4 is 10.1 Å². The zero-order valence-electron chi connectivity index (χ0n) is 12.7. The van der Waals surface area contributed by atoms with Gasteiger partial charge in [-0.05, 0) is 49.6 Å². The molecule has 2 aromatic carbocycles. The second-order valence-corrected chi connectivity index (χ2v) is 5.08. The van der Waals surface area contributed by atoms with Crippen LogP contribution in [0.5, 0.6) is 5.75 Å². The van der Waals surface area contributed by atoms with Crippen LogP contribution >= 0.6 is 0 Å². The number of carbonyl (C=O) groups excluding carboxylic acids is 1. The molecule has 0 aliphatic heterocycles. The van der Waals surface area contributed by atoms with Crippen LogP contribution in [0.2, 0.25) is 0 Å². The highest BCUT2D eigenvalue weighted by Gasteiger charge is 2.15. The molecule has 3 nitrogen and oxygen atoms in total. The molecule has 21 heavy (non-hydrogen) atoms. The molecule has 2 aromatic rings. The Bertz CT molecular complexity index is 622. The first kappa shape index (κ1) is 15.1. The zero-order valence-corrected chi connectivity index (χ0v) is 12.7. The van der Waals surface area contributed by atoms with Gasteiger partial charge < -0.3 is 10.1 Å². The highest BCUT2D eigenvalue weighted by atomic mass is 16.5. The summed E-state index contributed by atoms with van der Waals surface area (Å²) in [5.74, 6) is 0.568. The number of hydrogen-bond acceptors (Lipinski definition) is 2. The Morgan fingerprint density at radius 2 is 1.95 bits per heavy atom. The Labute approximate surface area is 126 Å². The second-order valence-electron chi connectivity index (χ2n) is 5.08. The Kier molecular flexibility index (Phi) is 4.99. The molecule has 0 aliphatic rings. The van der Waals surface area contributed by atoms with Gasteiger partial charge >= 0.3 is 0 Å². The van der Waals surface area contributed by atoms with Crippen molar-refractivity contribution in [2.24, 2.45) is 0 Å². The summed E-state index contributed by atoms with van der Waals surface area (Å²) in [5.41, 5.74) is 3.08. The Hall–Kier alpha value is -2.29. The quantitative estimate of drug-likeness (QED) is 0.902. The molecule has 2 rings (SSSR count). The highest BCUT2D eigenvalue weighted by molar-refractivity contribution is 5.94. The summed E-state index contributed by atoms with van der Waals surface area (Å²) in [5, 5.41) is 2.93. The van der Waals surface area contributed by atoms with Crippen molar-refractivity contribution in [1.29, 1.82) is 0 Å². The van der Waals surface area contributed by atoms with Gasteiger partial charge in [0.1, 0.15) is 5.75 Å². The molecule has 0 bridgehead atoms. The SMILES string of the molecule is CCc1ccccc1NC(=O)[C@@H](C)Oc1cccc(C)c1. The minimum Gasteiger partial charge on any atom is -0.481 e. The van der Waals surface area contributed by atoms with Crippen LogP contribution in [0.4, 0.5) is 5.69 Å². The molecule has 110 valence electrons. The van der Waals surface area contributed by atoms with Crippen LogP contribution in [0.1, 0.15) is 25.0 Å². The van der Waals surface area contributed by atoms with Crippen LogP contribution in [0, 0.1) is 6.92 Å². The lowest BCUT2D eigenvalue weighted by atomic mass is 10.1. The Morgan fingerprint density at radius 1 is 1.19 bits per heavy atom. The number of amides is 1. The highest BCUT2D eigenvalue weighted by Crippen LogP contribution is 2.18. The second kappa shape index (κ2) is 6.93. The van der Waals surface area contributed by atoms with E-state index in [0.717, 1.165) is 23.2 Å². The molecular formula is C18H21NO2. The van der Waals surface area contributed by atoms with Crippen molar-refractivity contribution in [3.63, 3.8) is 0 Å². The van der Waals surface area contributed by atoms with Gasteiger partial charge in [-0.1, -0.05) is 37.3 Å². The van der Waals surface area contributed by atoms with Crippen molar-refractivity contribution in [1.82, 2.24) is 0 Å². The minimum atomic E-state index is -0.545. The molecule has 0 fully saturated rings. The zero-order chi connectivity index (χ0) is 15.2. The normalized spacial score (nSPS) is 11.8.